The molecule has 0 saturated heterocycles. The van der Waals surface area contributed by atoms with Crippen LogP contribution in [0.25, 0.3) is 10.2 Å². The van der Waals surface area contributed by atoms with Crippen LogP contribution in [0, 0.1) is 25.2 Å². The van der Waals surface area contributed by atoms with E-state index >= 15 is 0 Å². The molecule has 0 saturated carbocycles. The summed E-state index contributed by atoms with van der Waals surface area (Å²) in [4.78, 5) is 31.1. The van der Waals surface area contributed by atoms with Gasteiger partial charge >= 0.3 is 0 Å². The van der Waals surface area contributed by atoms with E-state index in [4.69, 9.17) is 5.26 Å². The highest BCUT2D eigenvalue weighted by molar-refractivity contribution is 7.99. The summed E-state index contributed by atoms with van der Waals surface area (Å²) in [5, 5.41) is 12.4. The van der Waals surface area contributed by atoms with Crippen molar-refractivity contribution in [2.45, 2.75) is 45.3 Å². The van der Waals surface area contributed by atoms with E-state index in [-0.39, 0.29) is 29.7 Å². The maximum absolute atomic E-state index is 12.9. The van der Waals surface area contributed by atoms with Gasteiger partial charge in [-0.3, -0.25) is 14.2 Å². The van der Waals surface area contributed by atoms with E-state index in [0.717, 1.165) is 15.3 Å². The second-order valence-electron chi connectivity index (χ2n) is 5.67. The lowest BCUT2D eigenvalue weighted by molar-refractivity contribution is -0.118. The van der Waals surface area contributed by atoms with Gasteiger partial charge in [-0.25, -0.2) is 4.98 Å². The van der Waals surface area contributed by atoms with E-state index in [1.54, 1.807) is 4.57 Å². The average Bonchev–Trinajstić information content (AvgIpc) is 2.80. The van der Waals surface area contributed by atoms with Crippen LogP contribution in [0.5, 0.6) is 0 Å². The summed E-state index contributed by atoms with van der Waals surface area (Å²) in [5.41, 5.74) is 0.928. The zero-order chi connectivity index (χ0) is 17.9. The second-order valence-corrected chi connectivity index (χ2v) is 7.82. The number of aryl methyl sites for hydroxylation is 2. The number of hydrogen-bond acceptors (Lipinski definition) is 6. The molecule has 0 spiro atoms. The van der Waals surface area contributed by atoms with E-state index in [1.165, 1.54) is 23.1 Å². The third kappa shape index (κ3) is 3.79. The van der Waals surface area contributed by atoms with Crippen molar-refractivity contribution in [1.29, 1.82) is 5.26 Å². The molecule has 2 aromatic heterocycles. The molecular weight excluding hydrogens is 344 g/mol. The lowest BCUT2D eigenvalue weighted by Crippen LogP contribution is -2.28. The monoisotopic (exact) mass is 364 g/mol. The van der Waals surface area contributed by atoms with Gasteiger partial charge in [0.15, 0.2) is 5.16 Å². The number of nitrogens with zero attached hydrogens (tertiary/aromatic N) is 3. The fourth-order valence-electron chi connectivity index (χ4n) is 2.28. The first kappa shape index (κ1) is 18.5. The maximum Gasteiger partial charge on any atom is 0.263 e. The Morgan fingerprint density at radius 3 is 2.79 bits per heavy atom. The molecule has 1 N–H and O–H groups in total. The number of hydrogen-bond donors (Lipinski definition) is 1. The van der Waals surface area contributed by atoms with Crippen molar-refractivity contribution in [1.82, 2.24) is 14.9 Å². The third-order valence-electron chi connectivity index (χ3n) is 3.61. The van der Waals surface area contributed by atoms with Crippen LogP contribution in [-0.4, -0.2) is 27.8 Å². The molecule has 0 aliphatic rings. The second kappa shape index (κ2) is 7.81. The summed E-state index contributed by atoms with van der Waals surface area (Å²) in [6.07, 6.45) is 0.283. The highest BCUT2D eigenvalue weighted by Crippen LogP contribution is 2.29. The van der Waals surface area contributed by atoms with Gasteiger partial charge in [0.1, 0.15) is 4.83 Å². The van der Waals surface area contributed by atoms with Crippen LogP contribution in [0.1, 0.15) is 36.8 Å². The summed E-state index contributed by atoms with van der Waals surface area (Å²) in [6, 6.07) is 1.93. The highest BCUT2D eigenvalue weighted by atomic mass is 32.2. The molecule has 8 heteroatoms. The van der Waals surface area contributed by atoms with Gasteiger partial charge in [-0.2, -0.15) is 5.26 Å². The van der Waals surface area contributed by atoms with E-state index < -0.39 is 0 Å². The number of thioether (sulfide) groups is 1. The SMILES string of the molecule is Cc1sc2nc(SCC(=O)NCCC#N)n(C(C)C)c(=O)c2c1C. The number of thiophene rings is 1. The van der Waals surface area contributed by atoms with E-state index in [2.05, 4.69) is 10.3 Å². The molecular formula is C16H20N4O2S2. The Hall–Kier alpha value is -1.85. The summed E-state index contributed by atoms with van der Waals surface area (Å²) < 4.78 is 1.65. The molecule has 0 aliphatic heterocycles. The molecule has 2 heterocycles. The van der Waals surface area contributed by atoms with Crippen molar-refractivity contribution >= 4 is 39.2 Å². The van der Waals surface area contributed by atoms with Crippen LogP contribution in [-0.2, 0) is 4.79 Å². The molecule has 0 atom stereocenters. The minimum Gasteiger partial charge on any atom is -0.354 e. The molecule has 2 aromatic rings. The van der Waals surface area contributed by atoms with Gasteiger partial charge in [0, 0.05) is 17.5 Å². The predicted molar refractivity (Wildman–Crippen MR) is 97.7 cm³/mol. The lowest BCUT2D eigenvalue weighted by Gasteiger charge is -2.15. The molecule has 0 unspecified atom stereocenters. The highest BCUT2D eigenvalue weighted by Gasteiger charge is 2.19. The number of fused-ring (bicyclic) bond motifs is 1. The standard InChI is InChI=1S/C16H20N4O2S2/c1-9(2)20-15(22)13-10(3)11(4)24-14(13)19-16(20)23-8-12(21)18-7-5-6-17/h9H,5,7-8H2,1-4H3,(H,18,21). The number of carbonyl (C=O) groups is 1. The van der Waals surface area contributed by atoms with Gasteiger partial charge in [-0.05, 0) is 33.3 Å². The molecule has 2 rings (SSSR count). The van der Waals surface area contributed by atoms with Crippen molar-refractivity contribution in [3.05, 3.63) is 20.8 Å². The largest absolute Gasteiger partial charge is 0.354 e. The lowest BCUT2D eigenvalue weighted by atomic mass is 10.2. The number of carbonyl (C=O) groups excluding carboxylic acids is 1. The van der Waals surface area contributed by atoms with Crippen LogP contribution < -0.4 is 10.9 Å². The zero-order valence-electron chi connectivity index (χ0n) is 14.2. The van der Waals surface area contributed by atoms with Gasteiger partial charge in [0.05, 0.1) is 23.6 Å². The van der Waals surface area contributed by atoms with E-state index in [1.807, 2.05) is 33.8 Å². The van der Waals surface area contributed by atoms with Crippen LogP contribution in [0.2, 0.25) is 0 Å². The summed E-state index contributed by atoms with van der Waals surface area (Å²) in [7, 11) is 0. The Morgan fingerprint density at radius 2 is 2.17 bits per heavy atom. The minimum absolute atomic E-state index is 0.0434. The summed E-state index contributed by atoms with van der Waals surface area (Å²) in [6.45, 7) is 8.12. The molecule has 1 amide bonds. The molecule has 0 bridgehead atoms. The number of rotatable bonds is 6. The molecule has 0 radical (unpaired) electrons. The van der Waals surface area contributed by atoms with Crippen molar-refractivity contribution in [3.63, 3.8) is 0 Å². The molecule has 0 fully saturated rings. The van der Waals surface area contributed by atoms with Gasteiger partial charge in [0.2, 0.25) is 5.91 Å². The number of nitrogens with one attached hydrogen (secondary N) is 1. The predicted octanol–water partition coefficient (Wildman–Crippen LogP) is 2.78. The third-order valence-corrected chi connectivity index (χ3v) is 5.66. The first-order chi connectivity index (χ1) is 11.4. The molecule has 128 valence electrons. The topological polar surface area (TPSA) is 87.8 Å². The first-order valence-corrected chi connectivity index (χ1v) is 9.45. The van der Waals surface area contributed by atoms with Crippen LogP contribution >= 0.6 is 23.1 Å². The van der Waals surface area contributed by atoms with Crippen LogP contribution in [0.15, 0.2) is 9.95 Å². The number of amides is 1. The summed E-state index contributed by atoms with van der Waals surface area (Å²) in [5.74, 6) is -0.00200. The van der Waals surface area contributed by atoms with Crippen molar-refractivity contribution in [2.24, 2.45) is 0 Å². The van der Waals surface area contributed by atoms with Crippen LogP contribution in [0.4, 0.5) is 0 Å². The fourth-order valence-corrected chi connectivity index (χ4v) is 4.31. The minimum atomic E-state index is -0.168. The van der Waals surface area contributed by atoms with Crippen molar-refractivity contribution in [2.75, 3.05) is 12.3 Å². The van der Waals surface area contributed by atoms with E-state index in [0.29, 0.717) is 17.1 Å². The Bertz CT molecular complexity index is 862. The summed E-state index contributed by atoms with van der Waals surface area (Å²) >= 11 is 2.75. The molecule has 24 heavy (non-hydrogen) atoms. The smallest absolute Gasteiger partial charge is 0.263 e. The Balaban J connectivity index is 2.32. The Labute approximate surface area is 148 Å². The fraction of sp³-hybridized carbons (Fsp3) is 0.500. The van der Waals surface area contributed by atoms with Gasteiger partial charge in [-0.15, -0.1) is 11.3 Å². The van der Waals surface area contributed by atoms with Crippen molar-refractivity contribution in [3.8, 4) is 6.07 Å². The van der Waals surface area contributed by atoms with Gasteiger partial charge in [-0.1, -0.05) is 11.8 Å². The van der Waals surface area contributed by atoms with Crippen LogP contribution in [0.3, 0.4) is 0 Å². The van der Waals surface area contributed by atoms with Gasteiger partial charge < -0.3 is 5.32 Å². The molecule has 0 aromatic carbocycles. The maximum atomic E-state index is 12.9. The normalized spacial score (nSPS) is 11.0. The van der Waals surface area contributed by atoms with Gasteiger partial charge in [0.25, 0.3) is 5.56 Å². The molecule has 6 nitrogen and oxygen atoms in total. The van der Waals surface area contributed by atoms with Crippen molar-refractivity contribution < 1.29 is 4.79 Å². The number of aromatic nitrogens is 2. The Kier molecular flexibility index (Phi) is 6.02. The molecule has 0 aliphatic carbocycles. The van der Waals surface area contributed by atoms with E-state index in [9.17, 15) is 9.59 Å². The number of nitriles is 1. The quantitative estimate of drug-likeness (QED) is 0.484. The first-order valence-electron chi connectivity index (χ1n) is 7.65. The average molecular weight is 364 g/mol. The zero-order valence-corrected chi connectivity index (χ0v) is 15.8. The Morgan fingerprint density at radius 1 is 1.46 bits per heavy atom.